The van der Waals surface area contributed by atoms with Crippen LogP contribution in [0.15, 0.2) is 46.4 Å². The lowest BCUT2D eigenvalue weighted by Crippen LogP contribution is -2.47. The van der Waals surface area contributed by atoms with Crippen LogP contribution < -0.4 is 0 Å². The van der Waals surface area contributed by atoms with Crippen molar-refractivity contribution in [1.82, 2.24) is 0 Å². The van der Waals surface area contributed by atoms with E-state index in [1.165, 1.54) is 30.3 Å². The van der Waals surface area contributed by atoms with Crippen molar-refractivity contribution in [3.63, 3.8) is 0 Å². The van der Waals surface area contributed by atoms with Crippen LogP contribution in [0, 0.1) is 0 Å². The molecule has 1 aromatic heterocycles. The number of ether oxygens (including phenoxy) is 2. The lowest BCUT2D eigenvalue weighted by Gasteiger charge is -2.38. The summed E-state index contributed by atoms with van der Waals surface area (Å²) in [5.74, 6) is -2.47. The van der Waals surface area contributed by atoms with Crippen LogP contribution in [0.3, 0.4) is 0 Å². The molecule has 1 saturated heterocycles. The van der Waals surface area contributed by atoms with Crippen molar-refractivity contribution >= 4 is 18.0 Å². The van der Waals surface area contributed by atoms with Crippen LogP contribution in [-0.2, 0) is 25.2 Å². The minimum absolute atomic E-state index is 0.126. The van der Waals surface area contributed by atoms with Gasteiger partial charge in [0, 0.05) is 24.5 Å². The van der Waals surface area contributed by atoms with E-state index in [1.807, 2.05) is 0 Å². The molecule has 2 aromatic rings. The third kappa shape index (κ3) is 3.92. The predicted molar refractivity (Wildman–Crippen MR) is 95.1 cm³/mol. The van der Waals surface area contributed by atoms with E-state index in [1.54, 1.807) is 0 Å². The van der Waals surface area contributed by atoms with Gasteiger partial charge in [-0.05, 0) is 37.1 Å². The smallest absolute Gasteiger partial charge is 0.416 e. The molecule has 0 bridgehead atoms. The Morgan fingerprint density at radius 3 is 2.28 bits per heavy atom. The molecule has 0 radical (unpaired) electrons. The van der Waals surface area contributed by atoms with Gasteiger partial charge >= 0.3 is 18.1 Å². The highest BCUT2D eigenvalue weighted by molar-refractivity contribution is 6.18. The van der Waals surface area contributed by atoms with Crippen molar-refractivity contribution in [1.29, 1.82) is 0 Å². The summed E-state index contributed by atoms with van der Waals surface area (Å²) in [4.78, 5) is 24.7. The zero-order valence-corrected chi connectivity index (χ0v) is 15.3. The molecule has 1 aliphatic carbocycles. The Morgan fingerprint density at radius 1 is 0.931 bits per heavy atom. The standard InChI is InChI=1S/C21H17F3O5/c22-21(23,24)14-6-4-5-13(11-14)17-8-7-15(27-17)12-16-18(25)28-20(29-19(16)26)9-2-1-3-10-20/h4-8,11-12H,1-3,9-10H2. The van der Waals surface area contributed by atoms with E-state index >= 15 is 0 Å². The number of hydrogen-bond donors (Lipinski definition) is 0. The molecule has 4 rings (SSSR count). The van der Waals surface area contributed by atoms with Crippen molar-refractivity contribution in [2.75, 3.05) is 0 Å². The number of furan rings is 1. The van der Waals surface area contributed by atoms with Crippen molar-refractivity contribution in [3.8, 4) is 11.3 Å². The summed E-state index contributed by atoms with van der Waals surface area (Å²) in [7, 11) is 0. The van der Waals surface area contributed by atoms with Crippen molar-refractivity contribution in [2.24, 2.45) is 0 Å². The molecule has 0 unspecified atom stereocenters. The topological polar surface area (TPSA) is 65.7 Å². The SMILES string of the molecule is O=C1OC2(CCCCC2)OC(=O)C1=Cc1ccc(-c2cccc(C(F)(F)F)c2)o1. The lowest BCUT2D eigenvalue weighted by atomic mass is 9.93. The second kappa shape index (κ2) is 7.09. The predicted octanol–water partition coefficient (Wildman–Crippen LogP) is 5.11. The van der Waals surface area contributed by atoms with E-state index in [0.29, 0.717) is 12.8 Å². The first kappa shape index (κ1) is 19.3. The molecule has 2 aliphatic rings. The van der Waals surface area contributed by atoms with Crippen molar-refractivity contribution < 1.29 is 36.7 Å². The Bertz CT molecular complexity index is 958. The number of carbonyl (C=O) groups excluding carboxylic acids is 2. The molecule has 0 atom stereocenters. The Kier molecular flexibility index (Phi) is 4.72. The number of carbonyl (C=O) groups is 2. The molecular weight excluding hydrogens is 389 g/mol. The highest BCUT2D eigenvalue weighted by atomic mass is 19.4. The van der Waals surface area contributed by atoms with Gasteiger partial charge in [-0.2, -0.15) is 13.2 Å². The van der Waals surface area contributed by atoms with Crippen LogP contribution in [0.5, 0.6) is 0 Å². The van der Waals surface area contributed by atoms with Crippen LogP contribution in [-0.4, -0.2) is 17.7 Å². The van der Waals surface area contributed by atoms with Crippen molar-refractivity contribution in [2.45, 2.75) is 44.1 Å². The zero-order valence-electron chi connectivity index (χ0n) is 15.3. The van der Waals surface area contributed by atoms with E-state index in [4.69, 9.17) is 13.9 Å². The molecular formula is C21H17F3O5. The first-order valence-corrected chi connectivity index (χ1v) is 9.22. The fourth-order valence-corrected chi connectivity index (χ4v) is 3.54. The second-order valence-electron chi connectivity index (χ2n) is 7.09. The largest absolute Gasteiger partial charge is 0.457 e. The summed E-state index contributed by atoms with van der Waals surface area (Å²) < 4.78 is 55.0. The molecule has 1 saturated carbocycles. The normalized spacial score (nSPS) is 19.1. The van der Waals surface area contributed by atoms with E-state index in [0.717, 1.165) is 31.4 Å². The molecule has 0 amide bonds. The molecule has 152 valence electrons. The fraction of sp³-hybridized carbons (Fsp3) is 0.333. The van der Waals surface area contributed by atoms with Gasteiger partial charge in [0.15, 0.2) is 0 Å². The Balaban J connectivity index is 1.57. The molecule has 2 heterocycles. The molecule has 1 aromatic carbocycles. The summed E-state index contributed by atoms with van der Waals surface area (Å²) in [6, 6.07) is 7.59. The maximum atomic E-state index is 12.9. The summed E-state index contributed by atoms with van der Waals surface area (Å²) in [5, 5.41) is 0. The van der Waals surface area contributed by atoms with Crippen LogP contribution in [0.2, 0.25) is 0 Å². The van der Waals surface area contributed by atoms with Gasteiger partial charge in [-0.25, -0.2) is 9.59 Å². The summed E-state index contributed by atoms with van der Waals surface area (Å²) in [6.07, 6.45) is 0.243. The van der Waals surface area contributed by atoms with Gasteiger partial charge in [0.25, 0.3) is 5.79 Å². The third-order valence-electron chi connectivity index (χ3n) is 5.00. The van der Waals surface area contributed by atoms with Gasteiger partial charge in [0.2, 0.25) is 0 Å². The van der Waals surface area contributed by atoms with Crippen LogP contribution >= 0.6 is 0 Å². The number of halogens is 3. The highest BCUT2D eigenvalue weighted by Gasteiger charge is 2.46. The number of alkyl halides is 3. The minimum Gasteiger partial charge on any atom is -0.457 e. The maximum absolute atomic E-state index is 12.9. The highest BCUT2D eigenvalue weighted by Crippen LogP contribution is 2.38. The summed E-state index contributed by atoms with van der Waals surface area (Å²) >= 11 is 0. The quantitative estimate of drug-likeness (QED) is 0.394. The van der Waals surface area contributed by atoms with Gasteiger partial charge in [-0.15, -0.1) is 0 Å². The van der Waals surface area contributed by atoms with E-state index < -0.39 is 29.5 Å². The summed E-state index contributed by atoms with van der Waals surface area (Å²) in [5.41, 5.74) is -0.894. The van der Waals surface area contributed by atoms with Gasteiger partial charge in [-0.3, -0.25) is 0 Å². The zero-order chi connectivity index (χ0) is 20.6. The number of rotatable bonds is 2. The van der Waals surface area contributed by atoms with Gasteiger partial charge in [0.05, 0.1) is 5.56 Å². The fourth-order valence-electron chi connectivity index (χ4n) is 3.54. The van der Waals surface area contributed by atoms with E-state index in [9.17, 15) is 22.8 Å². The molecule has 29 heavy (non-hydrogen) atoms. The van der Waals surface area contributed by atoms with E-state index in [2.05, 4.69) is 0 Å². The molecule has 8 heteroatoms. The van der Waals surface area contributed by atoms with Crippen molar-refractivity contribution in [3.05, 3.63) is 53.3 Å². The average molecular weight is 406 g/mol. The van der Waals surface area contributed by atoms with Gasteiger partial charge in [-0.1, -0.05) is 18.6 Å². The van der Waals surface area contributed by atoms with Gasteiger partial charge < -0.3 is 13.9 Å². The van der Waals surface area contributed by atoms with Crippen LogP contribution in [0.1, 0.15) is 43.4 Å². The minimum atomic E-state index is -4.47. The average Bonchev–Trinajstić information content (AvgIpc) is 3.14. The first-order valence-electron chi connectivity index (χ1n) is 9.22. The lowest BCUT2D eigenvalue weighted by molar-refractivity contribution is -0.244. The van der Waals surface area contributed by atoms with Crippen LogP contribution in [0.25, 0.3) is 17.4 Å². The maximum Gasteiger partial charge on any atom is 0.416 e. The number of hydrogen-bond acceptors (Lipinski definition) is 5. The number of benzene rings is 1. The monoisotopic (exact) mass is 406 g/mol. The molecule has 0 N–H and O–H groups in total. The first-order chi connectivity index (χ1) is 13.8. The second-order valence-corrected chi connectivity index (χ2v) is 7.09. The van der Waals surface area contributed by atoms with E-state index in [-0.39, 0.29) is 22.7 Å². The Morgan fingerprint density at radius 2 is 1.62 bits per heavy atom. The molecule has 5 nitrogen and oxygen atoms in total. The molecule has 2 fully saturated rings. The Labute approximate surface area is 164 Å². The summed E-state index contributed by atoms with van der Waals surface area (Å²) in [6.45, 7) is 0. The Hall–Kier alpha value is -3.03. The third-order valence-corrected chi connectivity index (χ3v) is 5.00. The molecule has 1 spiro atoms. The molecule has 1 aliphatic heterocycles. The van der Waals surface area contributed by atoms with Gasteiger partial charge in [0.1, 0.15) is 17.1 Å². The number of esters is 2. The van der Waals surface area contributed by atoms with Crippen LogP contribution in [0.4, 0.5) is 13.2 Å².